The van der Waals surface area contributed by atoms with E-state index in [4.69, 9.17) is 4.52 Å². The Labute approximate surface area is 179 Å². The van der Waals surface area contributed by atoms with Crippen molar-refractivity contribution in [2.75, 3.05) is 33.2 Å². The lowest BCUT2D eigenvalue weighted by Gasteiger charge is -2.42. The second-order valence-corrected chi connectivity index (χ2v) is 8.83. The van der Waals surface area contributed by atoms with E-state index in [9.17, 15) is 4.79 Å². The van der Waals surface area contributed by atoms with Crippen molar-refractivity contribution in [2.45, 2.75) is 51.7 Å². The van der Waals surface area contributed by atoms with Crippen LogP contribution in [0, 0.1) is 12.8 Å². The van der Waals surface area contributed by atoms with Crippen molar-refractivity contribution in [1.82, 2.24) is 24.8 Å². The number of nitrogens with zero attached hydrogens (tertiary/aromatic N) is 5. The summed E-state index contributed by atoms with van der Waals surface area (Å²) in [5.74, 6) is 1.10. The SMILES string of the molecule is Cc1cc(CN(C)C(=O)[C@@H]2CCCN(C3CCN(Cc4cccnc4)CC3)C2)no1. The Morgan fingerprint density at radius 1 is 1.27 bits per heavy atom. The van der Waals surface area contributed by atoms with Crippen LogP contribution in [0.15, 0.2) is 35.1 Å². The van der Waals surface area contributed by atoms with E-state index in [1.54, 1.807) is 0 Å². The van der Waals surface area contributed by atoms with Crippen LogP contribution in [0.4, 0.5) is 0 Å². The maximum atomic E-state index is 13.0. The van der Waals surface area contributed by atoms with Crippen LogP contribution >= 0.6 is 0 Å². The lowest BCUT2D eigenvalue weighted by Crippen LogP contribution is -2.50. The highest BCUT2D eigenvalue weighted by Gasteiger charge is 2.33. The standard InChI is InChI=1S/C23H33N5O2/c1-18-13-21(25-30-18)17-26(2)23(29)20-6-4-10-28(16-20)22-7-11-27(12-8-22)15-19-5-3-9-24-14-19/h3,5,9,13-14,20,22H,4,6-8,10-12,15-17H2,1-2H3/t20-/m1/s1. The van der Waals surface area contributed by atoms with Crippen LogP contribution in [0.5, 0.6) is 0 Å². The molecule has 0 aromatic carbocycles. The number of carbonyl (C=O) groups is 1. The van der Waals surface area contributed by atoms with Crippen molar-refractivity contribution in [3.63, 3.8) is 0 Å². The number of hydrogen-bond acceptors (Lipinski definition) is 6. The van der Waals surface area contributed by atoms with E-state index >= 15 is 0 Å². The van der Waals surface area contributed by atoms with E-state index in [1.165, 1.54) is 18.4 Å². The summed E-state index contributed by atoms with van der Waals surface area (Å²) in [5, 5.41) is 4.02. The zero-order valence-corrected chi connectivity index (χ0v) is 18.2. The summed E-state index contributed by atoms with van der Waals surface area (Å²) in [6.07, 6.45) is 8.23. The average molecular weight is 412 g/mol. The quantitative estimate of drug-likeness (QED) is 0.728. The maximum Gasteiger partial charge on any atom is 0.227 e. The van der Waals surface area contributed by atoms with Gasteiger partial charge in [0.15, 0.2) is 0 Å². The van der Waals surface area contributed by atoms with Crippen LogP contribution in [0.2, 0.25) is 0 Å². The normalized spacial score (nSPS) is 21.6. The second kappa shape index (κ2) is 9.71. The van der Waals surface area contributed by atoms with Gasteiger partial charge in [0.05, 0.1) is 12.5 Å². The highest BCUT2D eigenvalue weighted by atomic mass is 16.5. The van der Waals surface area contributed by atoms with Gasteiger partial charge in [-0.05, 0) is 63.9 Å². The molecule has 1 amide bonds. The zero-order chi connectivity index (χ0) is 20.9. The van der Waals surface area contributed by atoms with Gasteiger partial charge in [-0.2, -0.15) is 0 Å². The van der Waals surface area contributed by atoms with Gasteiger partial charge in [-0.1, -0.05) is 11.2 Å². The smallest absolute Gasteiger partial charge is 0.227 e. The molecule has 30 heavy (non-hydrogen) atoms. The van der Waals surface area contributed by atoms with Gasteiger partial charge < -0.3 is 9.42 Å². The first kappa shape index (κ1) is 21.0. The van der Waals surface area contributed by atoms with Crippen LogP contribution in [-0.2, 0) is 17.9 Å². The summed E-state index contributed by atoms with van der Waals surface area (Å²) in [6, 6.07) is 6.65. The van der Waals surface area contributed by atoms with Gasteiger partial charge in [-0.3, -0.25) is 19.6 Å². The molecule has 0 N–H and O–H groups in total. The number of rotatable bonds is 6. The van der Waals surface area contributed by atoms with Gasteiger partial charge in [0.2, 0.25) is 5.91 Å². The number of carbonyl (C=O) groups excluding carboxylic acids is 1. The number of aryl methyl sites for hydroxylation is 1. The fourth-order valence-corrected chi connectivity index (χ4v) is 4.86. The summed E-state index contributed by atoms with van der Waals surface area (Å²) in [5.41, 5.74) is 2.10. The summed E-state index contributed by atoms with van der Waals surface area (Å²) in [6.45, 7) is 7.59. The third-order valence-electron chi connectivity index (χ3n) is 6.46. The van der Waals surface area contributed by atoms with Crippen molar-refractivity contribution in [3.05, 3.63) is 47.6 Å². The number of aromatic nitrogens is 2. The van der Waals surface area contributed by atoms with E-state index in [2.05, 4.69) is 26.0 Å². The van der Waals surface area contributed by atoms with Crippen molar-refractivity contribution in [1.29, 1.82) is 0 Å². The van der Waals surface area contributed by atoms with Crippen LogP contribution in [-0.4, -0.2) is 70.0 Å². The van der Waals surface area contributed by atoms with Gasteiger partial charge in [0.1, 0.15) is 11.5 Å². The Hall–Kier alpha value is -2.25. The minimum Gasteiger partial charge on any atom is -0.361 e. The van der Waals surface area contributed by atoms with Crippen LogP contribution in [0.25, 0.3) is 0 Å². The van der Waals surface area contributed by atoms with Gasteiger partial charge in [0.25, 0.3) is 0 Å². The average Bonchev–Trinajstić information content (AvgIpc) is 3.19. The molecule has 7 nitrogen and oxygen atoms in total. The maximum absolute atomic E-state index is 13.0. The number of pyridine rings is 1. The van der Waals surface area contributed by atoms with Crippen molar-refractivity contribution in [2.24, 2.45) is 5.92 Å². The molecule has 2 aromatic heterocycles. The first-order valence-electron chi connectivity index (χ1n) is 11.1. The first-order chi connectivity index (χ1) is 14.6. The molecule has 4 heterocycles. The lowest BCUT2D eigenvalue weighted by molar-refractivity contribution is -0.137. The fourth-order valence-electron chi connectivity index (χ4n) is 4.86. The Balaban J connectivity index is 1.26. The zero-order valence-electron chi connectivity index (χ0n) is 18.2. The molecule has 4 rings (SSSR count). The molecule has 2 aromatic rings. The lowest BCUT2D eigenvalue weighted by atomic mass is 9.93. The van der Waals surface area contributed by atoms with Crippen LogP contribution < -0.4 is 0 Å². The third kappa shape index (κ3) is 5.26. The van der Waals surface area contributed by atoms with Gasteiger partial charge in [0, 0.05) is 44.6 Å². The molecular formula is C23H33N5O2. The molecule has 2 fully saturated rings. The number of likely N-dealkylation sites (tertiary alicyclic amines) is 2. The molecule has 1 atom stereocenters. The highest BCUT2D eigenvalue weighted by molar-refractivity contribution is 5.78. The topological polar surface area (TPSA) is 65.7 Å². The molecule has 162 valence electrons. The van der Waals surface area contributed by atoms with E-state index in [1.807, 2.05) is 43.4 Å². The van der Waals surface area contributed by atoms with Crippen molar-refractivity contribution < 1.29 is 9.32 Å². The predicted molar refractivity (Wildman–Crippen MR) is 115 cm³/mol. The van der Waals surface area contributed by atoms with Gasteiger partial charge in [-0.25, -0.2) is 0 Å². The molecule has 2 aliphatic rings. The molecule has 0 bridgehead atoms. The van der Waals surface area contributed by atoms with E-state index in [0.717, 1.165) is 57.0 Å². The minimum absolute atomic E-state index is 0.0881. The molecule has 2 saturated heterocycles. The summed E-state index contributed by atoms with van der Waals surface area (Å²) in [4.78, 5) is 24.1. The van der Waals surface area contributed by atoms with Crippen molar-refractivity contribution >= 4 is 5.91 Å². The van der Waals surface area contributed by atoms with E-state index in [0.29, 0.717) is 12.6 Å². The fraction of sp³-hybridized carbons (Fsp3) is 0.609. The number of hydrogen-bond donors (Lipinski definition) is 0. The monoisotopic (exact) mass is 411 g/mol. The van der Waals surface area contributed by atoms with E-state index in [-0.39, 0.29) is 11.8 Å². The molecule has 2 aliphatic heterocycles. The summed E-state index contributed by atoms with van der Waals surface area (Å²) >= 11 is 0. The molecule has 0 aliphatic carbocycles. The predicted octanol–water partition coefficient (Wildman–Crippen LogP) is 2.71. The Bertz CT molecular complexity index is 816. The Morgan fingerprint density at radius 2 is 2.10 bits per heavy atom. The molecule has 0 spiro atoms. The Morgan fingerprint density at radius 3 is 2.80 bits per heavy atom. The van der Waals surface area contributed by atoms with E-state index < -0.39 is 0 Å². The molecule has 7 heteroatoms. The molecule has 0 radical (unpaired) electrons. The molecule has 0 saturated carbocycles. The van der Waals surface area contributed by atoms with Crippen LogP contribution in [0.3, 0.4) is 0 Å². The third-order valence-corrected chi connectivity index (χ3v) is 6.46. The molecular weight excluding hydrogens is 378 g/mol. The molecule has 0 unspecified atom stereocenters. The highest BCUT2D eigenvalue weighted by Crippen LogP contribution is 2.26. The van der Waals surface area contributed by atoms with Gasteiger partial charge in [-0.15, -0.1) is 0 Å². The van der Waals surface area contributed by atoms with Gasteiger partial charge >= 0.3 is 0 Å². The first-order valence-corrected chi connectivity index (χ1v) is 11.1. The van der Waals surface area contributed by atoms with Crippen LogP contribution in [0.1, 0.15) is 42.7 Å². The number of amides is 1. The summed E-state index contributed by atoms with van der Waals surface area (Å²) in [7, 11) is 1.88. The Kier molecular flexibility index (Phi) is 6.79. The second-order valence-electron chi connectivity index (χ2n) is 8.83. The van der Waals surface area contributed by atoms with Crippen molar-refractivity contribution in [3.8, 4) is 0 Å². The summed E-state index contributed by atoms with van der Waals surface area (Å²) < 4.78 is 5.13. The largest absolute Gasteiger partial charge is 0.361 e. The number of piperidine rings is 2. The minimum atomic E-state index is 0.0881.